The molecule has 0 saturated heterocycles. The van der Waals surface area contributed by atoms with E-state index in [1.807, 2.05) is 48.7 Å². The van der Waals surface area contributed by atoms with Crippen LogP contribution in [0.3, 0.4) is 0 Å². The van der Waals surface area contributed by atoms with Crippen LogP contribution in [0.4, 0.5) is 4.79 Å². The van der Waals surface area contributed by atoms with E-state index >= 15 is 0 Å². The van der Waals surface area contributed by atoms with Crippen molar-refractivity contribution in [2.45, 2.75) is 13.0 Å². The maximum atomic E-state index is 11.6. The lowest BCUT2D eigenvalue weighted by Crippen LogP contribution is -2.24. The molecule has 1 amide bonds. The van der Waals surface area contributed by atoms with Crippen LogP contribution in [0.15, 0.2) is 66.9 Å². The number of carbonyl (C=O) groups excluding carboxylic acids is 1. The van der Waals surface area contributed by atoms with E-state index in [4.69, 9.17) is 4.74 Å². The molecule has 3 rings (SSSR count). The number of benzene rings is 2. The molecule has 0 atom stereocenters. The van der Waals surface area contributed by atoms with E-state index in [2.05, 4.69) is 34.6 Å². The third-order valence-corrected chi connectivity index (χ3v) is 3.71. The lowest BCUT2D eigenvalue weighted by Gasteiger charge is -2.05. The summed E-state index contributed by atoms with van der Waals surface area (Å²) in [4.78, 5) is 14.9. The molecule has 0 aliphatic rings. The first-order valence-electron chi connectivity index (χ1n) is 8.00. The highest BCUT2D eigenvalue weighted by atomic mass is 16.5. The number of para-hydroxylation sites is 1. The van der Waals surface area contributed by atoms with Crippen molar-refractivity contribution < 1.29 is 9.53 Å². The molecule has 4 heteroatoms. The molecular formula is C20H20N2O2. The molecule has 24 heavy (non-hydrogen) atoms. The Morgan fingerprint density at radius 3 is 2.83 bits per heavy atom. The number of alkyl carbamates (subject to hydrolysis) is 1. The Labute approximate surface area is 141 Å². The SMILES string of the molecule is O=C(NCCC=Cc1cccc2cc[nH]c12)OCc1ccccc1. The number of hydrogen-bond acceptors (Lipinski definition) is 2. The van der Waals surface area contributed by atoms with E-state index in [0.717, 1.165) is 23.1 Å². The third kappa shape index (κ3) is 4.26. The Morgan fingerprint density at radius 2 is 1.96 bits per heavy atom. The van der Waals surface area contributed by atoms with Gasteiger partial charge in [-0.1, -0.05) is 60.7 Å². The second-order valence-electron chi connectivity index (χ2n) is 5.47. The minimum Gasteiger partial charge on any atom is -0.445 e. The number of nitrogens with one attached hydrogen (secondary N) is 2. The van der Waals surface area contributed by atoms with Crippen LogP contribution in [0.5, 0.6) is 0 Å². The number of aromatic amines is 1. The molecule has 0 aliphatic carbocycles. The van der Waals surface area contributed by atoms with Gasteiger partial charge in [0.15, 0.2) is 0 Å². The summed E-state index contributed by atoms with van der Waals surface area (Å²) in [7, 11) is 0. The topological polar surface area (TPSA) is 54.1 Å². The number of fused-ring (bicyclic) bond motifs is 1. The van der Waals surface area contributed by atoms with Gasteiger partial charge in [-0.2, -0.15) is 0 Å². The van der Waals surface area contributed by atoms with Gasteiger partial charge < -0.3 is 15.0 Å². The second-order valence-corrected chi connectivity index (χ2v) is 5.47. The highest BCUT2D eigenvalue weighted by molar-refractivity contribution is 5.87. The van der Waals surface area contributed by atoms with E-state index in [0.29, 0.717) is 6.54 Å². The molecule has 2 aromatic carbocycles. The largest absolute Gasteiger partial charge is 0.445 e. The fraction of sp³-hybridized carbons (Fsp3) is 0.150. The molecule has 0 bridgehead atoms. The molecule has 3 aromatic rings. The van der Waals surface area contributed by atoms with Crippen molar-refractivity contribution in [1.29, 1.82) is 0 Å². The van der Waals surface area contributed by atoms with Gasteiger partial charge in [0.1, 0.15) is 6.61 Å². The van der Waals surface area contributed by atoms with E-state index in [1.54, 1.807) is 0 Å². The van der Waals surface area contributed by atoms with Crippen LogP contribution in [0.2, 0.25) is 0 Å². The minimum atomic E-state index is -0.390. The van der Waals surface area contributed by atoms with Crippen LogP contribution in [0, 0.1) is 0 Å². The van der Waals surface area contributed by atoms with E-state index in [9.17, 15) is 4.79 Å². The summed E-state index contributed by atoms with van der Waals surface area (Å²) >= 11 is 0. The molecule has 0 fully saturated rings. The average molecular weight is 320 g/mol. The first kappa shape index (κ1) is 15.9. The van der Waals surface area contributed by atoms with Gasteiger partial charge in [-0.05, 0) is 29.0 Å². The van der Waals surface area contributed by atoms with Crippen molar-refractivity contribution in [3.8, 4) is 0 Å². The number of carbonyl (C=O) groups is 1. The molecular weight excluding hydrogens is 300 g/mol. The van der Waals surface area contributed by atoms with Crippen LogP contribution in [-0.4, -0.2) is 17.6 Å². The summed E-state index contributed by atoms with van der Waals surface area (Å²) < 4.78 is 5.16. The van der Waals surface area contributed by atoms with Crippen molar-refractivity contribution in [3.05, 3.63) is 78.0 Å². The number of H-pyrrole nitrogens is 1. The van der Waals surface area contributed by atoms with Crippen molar-refractivity contribution in [2.75, 3.05) is 6.54 Å². The Balaban J connectivity index is 1.40. The number of amides is 1. The monoisotopic (exact) mass is 320 g/mol. The Bertz CT molecular complexity index is 822. The highest BCUT2D eigenvalue weighted by Gasteiger charge is 2.01. The zero-order valence-electron chi connectivity index (χ0n) is 13.4. The van der Waals surface area contributed by atoms with Crippen molar-refractivity contribution in [2.24, 2.45) is 0 Å². The highest BCUT2D eigenvalue weighted by Crippen LogP contribution is 2.18. The molecule has 0 unspecified atom stereocenters. The first-order chi connectivity index (χ1) is 11.8. The molecule has 122 valence electrons. The zero-order valence-corrected chi connectivity index (χ0v) is 13.4. The Hall–Kier alpha value is -3.01. The Kier molecular flexibility index (Phi) is 5.30. The molecule has 1 heterocycles. The van der Waals surface area contributed by atoms with Crippen molar-refractivity contribution in [1.82, 2.24) is 10.3 Å². The van der Waals surface area contributed by atoms with Crippen LogP contribution in [-0.2, 0) is 11.3 Å². The minimum absolute atomic E-state index is 0.289. The molecule has 1 aromatic heterocycles. The van der Waals surface area contributed by atoms with Crippen molar-refractivity contribution in [3.63, 3.8) is 0 Å². The summed E-state index contributed by atoms with van der Waals surface area (Å²) in [5, 5.41) is 3.95. The normalized spacial score (nSPS) is 11.0. The van der Waals surface area contributed by atoms with Crippen molar-refractivity contribution >= 4 is 23.1 Å². The maximum Gasteiger partial charge on any atom is 0.407 e. The molecule has 0 spiro atoms. The molecule has 0 saturated carbocycles. The fourth-order valence-electron chi connectivity index (χ4n) is 2.49. The summed E-state index contributed by atoms with van der Waals surface area (Å²) in [5.74, 6) is 0. The van der Waals surface area contributed by atoms with Gasteiger partial charge >= 0.3 is 6.09 Å². The summed E-state index contributed by atoms with van der Waals surface area (Å²) in [5.41, 5.74) is 3.25. The average Bonchev–Trinajstić information content (AvgIpc) is 3.10. The van der Waals surface area contributed by atoms with E-state index in [-0.39, 0.29) is 6.61 Å². The molecule has 0 radical (unpaired) electrons. The summed E-state index contributed by atoms with van der Waals surface area (Å²) in [6.45, 7) is 0.835. The number of rotatable bonds is 6. The number of hydrogen-bond donors (Lipinski definition) is 2. The second kappa shape index (κ2) is 8.02. The molecule has 0 aliphatic heterocycles. The quantitative estimate of drug-likeness (QED) is 0.657. The summed E-state index contributed by atoms with van der Waals surface area (Å²) in [6, 6.07) is 17.9. The third-order valence-electron chi connectivity index (χ3n) is 3.71. The van der Waals surface area contributed by atoms with Crippen LogP contribution >= 0.6 is 0 Å². The lowest BCUT2D eigenvalue weighted by atomic mass is 10.1. The Morgan fingerprint density at radius 1 is 1.08 bits per heavy atom. The standard InChI is InChI=1S/C20H20N2O2/c23-20(24-15-16-7-2-1-3-8-16)22-13-5-4-9-17-10-6-11-18-12-14-21-19(17)18/h1-4,6-12,14,21H,5,13,15H2,(H,22,23). The first-order valence-corrected chi connectivity index (χ1v) is 8.00. The molecule has 4 nitrogen and oxygen atoms in total. The predicted molar refractivity (Wildman–Crippen MR) is 96.6 cm³/mol. The van der Waals surface area contributed by atoms with Gasteiger partial charge in [0.2, 0.25) is 0 Å². The lowest BCUT2D eigenvalue weighted by molar-refractivity contribution is 0.140. The summed E-state index contributed by atoms with van der Waals surface area (Å²) in [6.07, 6.45) is 6.41. The van der Waals surface area contributed by atoms with Gasteiger partial charge in [-0.15, -0.1) is 0 Å². The van der Waals surface area contributed by atoms with Gasteiger partial charge in [0.05, 0.1) is 5.52 Å². The number of ether oxygens (including phenoxy) is 1. The smallest absolute Gasteiger partial charge is 0.407 e. The van der Waals surface area contributed by atoms with Crippen LogP contribution in [0.1, 0.15) is 17.5 Å². The maximum absolute atomic E-state index is 11.6. The zero-order chi connectivity index (χ0) is 16.6. The number of aromatic nitrogens is 1. The van der Waals surface area contributed by atoms with E-state index < -0.39 is 6.09 Å². The predicted octanol–water partition coefficient (Wildman–Crippen LogP) is 4.50. The van der Waals surface area contributed by atoms with Gasteiger partial charge in [0, 0.05) is 12.7 Å². The van der Waals surface area contributed by atoms with Crippen LogP contribution < -0.4 is 5.32 Å². The van der Waals surface area contributed by atoms with Gasteiger partial charge in [-0.3, -0.25) is 0 Å². The fourth-order valence-corrected chi connectivity index (χ4v) is 2.49. The molecule has 2 N–H and O–H groups in total. The van der Waals surface area contributed by atoms with Gasteiger partial charge in [0.25, 0.3) is 0 Å². The van der Waals surface area contributed by atoms with Crippen LogP contribution in [0.25, 0.3) is 17.0 Å². The van der Waals surface area contributed by atoms with E-state index in [1.165, 1.54) is 5.39 Å². The van der Waals surface area contributed by atoms with Gasteiger partial charge in [-0.25, -0.2) is 4.79 Å².